The van der Waals surface area contributed by atoms with Gasteiger partial charge in [0.1, 0.15) is 12.4 Å². The lowest BCUT2D eigenvalue weighted by molar-refractivity contribution is 0.0775. The zero-order chi connectivity index (χ0) is 21.1. The van der Waals surface area contributed by atoms with Crippen molar-refractivity contribution in [3.8, 4) is 5.75 Å². The molecule has 1 aromatic carbocycles. The molecule has 6 nitrogen and oxygen atoms in total. The van der Waals surface area contributed by atoms with Gasteiger partial charge in [0, 0.05) is 22.6 Å². The molecule has 0 unspecified atom stereocenters. The second kappa shape index (κ2) is 8.85. The maximum Gasteiger partial charge on any atom is 0.254 e. The second-order valence-corrected chi connectivity index (χ2v) is 8.43. The first-order chi connectivity index (χ1) is 14.5. The normalized spacial score (nSPS) is 11.0. The molecule has 3 heterocycles. The van der Waals surface area contributed by atoms with Crippen LogP contribution < -0.4 is 4.74 Å². The Hall–Kier alpha value is -2.90. The Morgan fingerprint density at radius 2 is 2.13 bits per heavy atom. The number of pyridine rings is 1. The number of rotatable bonds is 7. The highest BCUT2D eigenvalue weighted by atomic mass is 35.5. The Bertz CT molecular complexity index is 1170. The van der Waals surface area contributed by atoms with Crippen molar-refractivity contribution < 1.29 is 9.53 Å². The molecule has 0 spiro atoms. The van der Waals surface area contributed by atoms with Crippen molar-refractivity contribution in [1.29, 1.82) is 0 Å². The minimum Gasteiger partial charge on any atom is -0.492 e. The number of hydrogen-bond donors (Lipinski definition) is 0. The molecule has 154 valence electrons. The number of ether oxygens (including phenoxy) is 1. The van der Waals surface area contributed by atoms with E-state index in [1.54, 1.807) is 41.6 Å². The zero-order valence-electron chi connectivity index (χ0n) is 16.7. The number of nitrogens with zero attached hydrogens (tertiary/aromatic N) is 4. The van der Waals surface area contributed by atoms with E-state index in [2.05, 4.69) is 16.1 Å². The van der Waals surface area contributed by atoms with Gasteiger partial charge in [-0.3, -0.25) is 4.79 Å². The van der Waals surface area contributed by atoms with Gasteiger partial charge in [0.05, 0.1) is 30.2 Å². The van der Waals surface area contributed by atoms with Crippen molar-refractivity contribution in [3.05, 3.63) is 75.2 Å². The topological polar surface area (TPSA) is 60.3 Å². The summed E-state index contributed by atoms with van der Waals surface area (Å²) in [6, 6.07) is 13.1. The predicted molar refractivity (Wildman–Crippen MR) is 120 cm³/mol. The van der Waals surface area contributed by atoms with Gasteiger partial charge in [0.2, 0.25) is 0 Å². The van der Waals surface area contributed by atoms with E-state index in [9.17, 15) is 4.79 Å². The van der Waals surface area contributed by atoms with E-state index in [0.717, 1.165) is 16.7 Å². The van der Waals surface area contributed by atoms with Gasteiger partial charge in [-0.15, -0.1) is 11.3 Å². The van der Waals surface area contributed by atoms with Crippen LogP contribution in [0.5, 0.6) is 5.75 Å². The number of thiophene rings is 1. The summed E-state index contributed by atoms with van der Waals surface area (Å²) in [5, 5.41) is 7.88. The monoisotopic (exact) mass is 440 g/mol. The van der Waals surface area contributed by atoms with E-state index in [0.29, 0.717) is 36.0 Å². The van der Waals surface area contributed by atoms with Crippen LogP contribution in [0.3, 0.4) is 0 Å². The molecule has 0 aliphatic heterocycles. The highest BCUT2D eigenvalue weighted by molar-refractivity contribution is 7.09. The molecule has 4 aromatic rings. The standard InChI is InChI=1S/C22H21ClN4O2S/c1-15-11-19(20-13-24-27(21(20)25-15)14-18-7-4-10-30-18)22(28)26(2)8-9-29-17-6-3-5-16(23)12-17/h3-7,10-13H,8-9,14H2,1-2H3. The first-order valence-electron chi connectivity index (χ1n) is 9.50. The summed E-state index contributed by atoms with van der Waals surface area (Å²) in [6.45, 7) is 3.33. The second-order valence-electron chi connectivity index (χ2n) is 6.96. The number of halogens is 1. The van der Waals surface area contributed by atoms with Gasteiger partial charge in [0.15, 0.2) is 5.65 Å². The fourth-order valence-corrected chi connectivity index (χ4v) is 4.05. The van der Waals surface area contributed by atoms with Crippen molar-refractivity contribution in [3.63, 3.8) is 0 Å². The Morgan fingerprint density at radius 1 is 1.27 bits per heavy atom. The summed E-state index contributed by atoms with van der Waals surface area (Å²) in [4.78, 5) is 20.6. The van der Waals surface area contributed by atoms with E-state index in [1.165, 1.54) is 4.88 Å². The number of likely N-dealkylation sites (N-methyl/N-ethyl adjacent to an activating group) is 1. The molecule has 0 atom stereocenters. The fraction of sp³-hybridized carbons (Fsp3) is 0.227. The lowest BCUT2D eigenvalue weighted by Crippen LogP contribution is -2.31. The van der Waals surface area contributed by atoms with E-state index in [-0.39, 0.29) is 5.91 Å². The van der Waals surface area contributed by atoms with Crippen LogP contribution in [0, 0.1) is 6.92 Å². The number of benzene rings is 1. The van der Waals surface area contributed by atoms with Crippen molar-refractivity contribution in [1.82, 2.24) is 19.7 Å². The third-order valence-corrected chi connectivity index (χ3v) is 5.79. The maximum atomic E-state index is 13.1. The highest BCUT2D eigenvalue weighted by Gasteiger charge is 2.19. The molecular weight excluding hydrogens is 420 g/mol. The Balaban J connectivity index is 1.50. The van der Waals surface area contributed by atoms with E-state index < -0.39 is 0 Å². The highest BCUT2D eigenvalue weighted by Crippen LogP contribution is 2.22. The van der Waals surface area contributed by atoms with Gasteiger partial charge in [0.25, 0.3) is 5.91 Å². The summed E-state index contributed by atoms with van der Waals surface area (Å²) in [5.74, 6) is 0.594. The fourth-order valence-electron chi connectivity index (χ4n) is 3.18. The summed E-state index contributed by atoms with van der Waals surface area (Å²) in [5.41, 5.74) is 2.10. The zero-order valence-corrected chi connectivity index (χ0v) is 18.3. The van der Waals surface area contributed by atoms with Gasteiger partial charge in [-0.05, 0) is 42.6 Å². The number of carbonyl (C=O) groups excluding carboxylic acids is 1. The van der Waals surface area contributed by atoms with Gasteiger partial charge in [-0.1, -0.05) is 23.7 Å². The lowest BCUT2D eigenvalue weighted by atomic mass is 10.1. The summed E-state index contributed by atoms with van der Waals surface area (Å²) in [6.07, 6.45) is 1.72. The van der Waals surface area contributed by atoms with E-state index in [1.807, 2.05) is 41.3 Å². The smallest absolute Gasteiger partial charge is 0.254 e. The number of amides is 1. The third kappa shape index (κ3) is 4.47. The molecular formula is C22H21ClN4O2S. The van der Waals surface area contributed by atoms with Crippen molar-refractivity contribution in [2.75, 3.05) is 20.2 Å². The molecule has 0 aliphatic carbocycles. The van der Waals surface area contributed by atoms with Gasteiger partial charge in [-0.2, -0.15) is 5.10 Å². The van der Waals surface area contributed by atoms with Crippen molar-refractivity contribution >= 4 is 39.9 Å². The molecule has 0 aliphatic rings. The number of aryl methyl sites for hydroxylation is 1. The van der Waals surface area contributed by atoms with Crippen molar-refractivity contribution in [2.24, 2.45) is 0 Å². The Kier molecular flexibility index (Phi) is 6.01. The van der Waals surface area contributed by atoms with Crippen LogP contribution in [-0.2, 0) is 6.54 Å². The molecule has 0 saturated heterocycles. The van der Waals surface area contributed by atoms with Crippen molar-refractivity contribution in [2.45, 2.75) is 13.5 Å². The number of aromatic nitrogens is 3. The molecule has 0 fully saturated rings. The first kappa shape index (κ1) is 20.4. The average Bonchev–Trinajstić information content (AvgIpc) is 3.37. The Morgan fingerprint density at radius 3 is 2.90 bits per heavy atom. The van der Waals surface area contributed by atoms with Crippen LogP contribution in [0.2, 0.25) is 5.02 Å². The maximum absolute atomic E-state index is 13.1. The molecule has 3 aromatic heterocycles. The molecule has 0 bridgehead atoms. The quantitative estimate of drug-likeness (QED) is 0.419. The third-order valence-electron chi connectivity index (χ3n) is 4.69. The van der Waals surface area contributed by atoms with Gasteiger partial charge in [-0.25, -0.2) is 9.67 Å². The number of fused-ring (bicyclic) bond motifs is 1. The van der Waals surface area contributed by atoms with Crippen LogP contribution in [0.1, 0.15) is 20.9 Å². The SMILES string of the molecule is Cc1cc(C(=O)N(C)CCOc2cccc(Cl)c2)c2cnn(Cc3cccs3)c2n1. The van der Waals surface area contributed by atoms with Gasteiger partial charge < -0.3 is 9.64 Å². The largest absolute Gasteiger partial charge is 0.492 e. The summed E-state index contributed by atoms with van der Waals surface area (Å²) >= 11 is 7.65. The van der Waals surface area contributed by atoms with E-state index in [4.69, 9.17) is 16.3 Å². The van der Waals surface area contributed by atoms with Crippen LogP contribution in [0.25, 0.3) is 11.0 Å². The summed E-state index contributed by atoms with van der Waals surface area (Å²) < 4.78 is 7.55. The minimum absolute atomic E-state index is 0.0872. The Labute approximate surface area is 183 Å². The molecule has 0 N–H and O–H groups in total. The predicted octanol–water partition coefficient (Wildman–Crippen LogP) is 4.65. The minimum atomic E-state index is -0.0872. The first-order valence-corrected chi connectivity index (χ1v) is 10.8. The molecule has 8 heteroatoms. The molecule has 0 radical (unpaired) electrons. The van der Waals surface area contributed by atoms with Crippen LogP contribution in [0.4, 0.5) is 0 Å². The molecule has 4 rings (SSSR count). The number of carbonyl (C=O) groups is 1. The molecule has 30 heavy (non-hydrogen) atoms. The van der Waals surface area contributed by atoms with Crippen LogP contribution >= 0.6 is 22.9 Å². The molecule has 0 saturated carbocycles. The molecule has 1 amide bonds. The average molecular weight is 441 g/mol. The lowest BCUT2D eigenvalue weighted by Gasteiger charge is -2.18. The van der Waals surface area contributed by atoms with E-state index >= 15 is 0 Å². The van der Waals surface area contributed by atoms with Gasteiger partial charge >= 0.3 is 0 Å². The van der Waals surface area contributed by atoms with Crippen LogP contribution in [-0.4, -0.2) is 45.8 Å². The number of hydrogen-bond acceptors (Lipinski definition) is 5. The summed E-state index contributed by atoms with van der Waals surface area (Å²) in [7, 11) is 1.77. The van der Waals surface area contributed by atoms with Crippen LogP contribution in [0.15, 0.2) is 54.0 Å².